The Kier molecular flexibility index (Phi) is 5.52. The van der Waals surface area contributed by atoms with Crippen molar-refractivity contribution in [2.24, 2.45) is 0 Å². The predicted octanol–water partition coefficient (Wildman–Crippen LogP) is 1.93. The number of aliphatic hydroxyl groups is 1. The molecule has 1 aromatic carbocycles. The summed E-state index contributed by atoms with van der Waals surface area (Å²) in [6.07, 6.45) is -1.69. The second-order valence-electron chi connectivity index (χ2n) is 5.61. The summed E-state index contributed by atoms with van der Waals surface area (Å²) in [5.74, 6) is -0.307. The number of hydrogen-bond donors (Lipinski definition) is 1. The zero-order valence-corrected chi connectivity index (χ0v) is 13.5. The Labute approximate surface area is 146 Å². The van der Waals surface area contributed by atoms with Gasteiger partial charge in [0.25, 0.3) is 0 Å². The van der Waals surface area contributed by atoms with Crippen LogP contribution in [0.4, 0.5) is 13.2 Å². The Morgan fingerprint density at radius 2 is 1.81 bits per heavy atom. The number of rotatable bonds is 7. The lowest BCUT2D eigenvalue weighted by Gasteiger charge is -2.18. The molecule has 0 spiro atoms. The fraction of sp³-hybridized carbons (Fsp3) is 0.312. The Morgan fingerprint density at radius 3 is 2.42 bits per heavy atom. The van der Waals surface area contributed by atoms with Gasteiger partial charge in [0.1, 0.15) is 18.2 Å². The van der Waals surface area contributed by atoms with E-state index in [1.54, 1.807) is 12.1 Å². The molecule has 7 nitrogen and oxygen atoms in total. The first kappa shape index (κ1) is 17.9. The van der Waals surface area contributed by atoms with Crippen molar-refractivity contribution in [2.45, 2.75) is 31.4 Å². The molecule has 0 aliphatic carbocycles. The summed E-state index contributed by atoms with van der Waals surface area (Å²) in [6.45, 7) is 0. The van der Waals surface area contributed by atoms with Gasteiger partial charge in [0, 0.05) is 6.20 Å². The maximum atomic E-state index is 14.3. The molecule has 0 radical (unpaired) electrons. The van der Waals surface area contributed by atoms with E-state index in [1.165, 1.54) is 18.3 Å². The molecule has 3 aromatic rings. The van der Waals surface area contributed by atoms with Crippen LogP contribution < -0.4 is 0 Å². The summed E-state index contributed by atoms with van der Waals surface area (Å²) in [7, 11) is 0. The lowest BCUT2D eigenvalue weighted by atomic mass is 10.1. The molecule has 26 heavy (non-hydrogen) atoms. The van der Waals surface area contributed by atoms with E-state index in [0.29, 0.717) is 23.2 Å². The van der Waals surface area contributed by atoms with Gasteiger partial charge in [0.15, 0.2) is 6.17 Å². The Balaban J connectivity index is 1.60. The third-order valence-electron chi connectivity index (χ3n) is 3.79. The number of halogens is 3. The van der Waals surface area contributed by atoms with Crippen LogP contribution >= 0.6 is 0 Å². The molecule has 0 bridgehead atoms. The molecule has 0 aliphatic rings. The minimum absolute atomic E-state index is 0.196. The number of benzene rings is 1. The summed E-state index contributed by atoms with van der Waals surface area (Å²) in [5, 5.41) is 19.5. The Bertz CT molecular complexity index is 813. The van der Waals surface area contributed by atoms with Gasteiger partial charge in [0.05, 0.1) is 17.6 Å². The highest BCUT2D eigenvalue weighted by atomic mass is 19.2. The summed E-state index contributed by atoms with van der Waals surface area (Å²) >= 11 is 0. The molecule has 0 aliphatic heterocycles. The molecule has 3 unspecified atom stereocenters. The van der Waals surface area contributed by atoms with Crippen LogP contribution in [0.1, 0.15) is 29.4 Å². The van der Waals surface area contributed by atoms with Crippen LogP contribution in [0.25, 0.3) is 0 Å². The van der Waals surface area contributed by atoms with Crippen molar-refractivity contribution in [3.63, 3.8) is 0 Å². The molecule has 2 heterocycles. The van der Waals surface area contributed by atoms with E-state index in [2.05, 4.69) is 25.5 Å². The minimum Gasteiger partial charge on any atom is -0.385 e. The zero-order chi connectivity index (χ0) is 18.5. The van der Waals surface area contributed by atoms with Gasteiger partial charge >= 0.3 is 0 Å². The fourth-order valence-corrected chi connectivity index (χ4v) is 2.31. The van der Waals surface area contributed by atoms with E-state index in [4.69, 9.17) is 0 Å². The number of tetrazole rings is 1. The smallest absolute Gasteiger partial charge is 0.224 e. The van der Waals surface area contributed by atoms with Gasteiger partial charge in [-0.15, -0.1) is 5.10 Å². The molecule has 0 fully saturated rings. The number of aliphatic hydroxyl groups excluding tert-OH is 1. The maximum absolute atomic E-state index is 14.3. The van der Waals surface area contributed by atoms with Gasteiger partial charge in [-0.1, -0.05) is 12.1 Å². The summed E-state index contributed by atoms with van der Waals surface area (Å²) in [4.78, 5) is 7.98. The first-order valence-electron chi connectivity index (χ1n) is 7.78. The zero-order valence-electron chi connectivity index (χ0n) is 13.5. The van der Waals surface area contributed by atoms with Crippen molar-refractivity contribution in [3.05, 3.63) is 65.8 Å². The van der Waals surface area contributed by atoms with Crippen molar-refractivity contribution >= 4 is 0 Å². The highest BCUT2D eigenvalue weighted by molar-refractivity contribution is 5.17. The van der Waals surface area contributed by atoms with Gasteiger partial charge in [-0.2, -0.15) is 4.68 Å². The number of alkyl halides is 2. The van der Waals surface area contributed by atoms with Crippen molar-refractivity contribution in [1.29, 1.82) is 0 Å². The second-order valence-corrected chi connectivity index (χ2v) is 5.61. The molecular weight excluding hydrogens is 349 g/mol. The molecule has 0 saturated carbocycles. The topological polar surface area (TPSA) is 89.6 Å². The molecule has 3 atom stereocenters. The number of aryl methyl sites for hydroxylation is 2. The van der Waals surface area contributed by atoms with Crippen LogP contribution in [0.3, 0.4) is 0 Å². The van der Waals surface area contributed by atoms with Gasteiger partial charge in [-0.25, -0.2) is 13.2 Å². The average Bonchev–Trinajstić information content (AvgIpc) is 3.21. The Hall–Kier alpha value is -2.88. The third-order valence-corrected chi connectivity index (χ3v) is 3.79. The van der Waals surface area contributed by atoms with E-state index in [1.807, 2.05) is 0 Å². The molecule has 0 amide bonds. The highest BCUT2D eigenvalue weighted by Gasteiger charge is 2.32. The fourth-order valence-electron chi connectivity index (χ4n) is 2.31. The van der Waals surface area contributed by atoms with Crippen molar-refractivity contribution < 1.29 is 18.3 Å². The predicted molar refractivity (Wildman–Crippen MR) is 83.7 cm³/mol. The minimum atomic E-state index is -2.15. The second kappa shape index (κ2) is 8.00. The summed E-state index contributed by atoms with van der Waals surface area (Å²) in [5.41, 5.74) is 1.33. The summed E-state index contributed by atoms with van der Waals surface area (Å²) < 4.78 is 41.7. The number of nitrogens with zero attached hydrogens (tertiary/aromatic N) is 6. The van der Waals surface area contributed by atoms with Crippen LogP contribution in [-0.4, -0.2) is 41.4 Å². The average molecular weight is 364 g/mol. The van der Waals surface area contributed by atoms with E-state index in [-0.39, 0.29) is 11.5 Å². The van der Waals surface area contributed by atoms with Crippen LogP contribution in [-0.2, 0) is 12.8 Å². The monoisotopic (exact) mass is 364 g/mol. The van der Waals surface area contributed by atoms with Gasteiger partial charge in [-0.3, -0.25) is 9.97 Å². The van der Waals surface area contributed by atoms with Crippen molar-refractivity contribution in [3.8, 4) is 0 Å². The van der Waals surface area contributed by atoms with Crippen LogP contribution in [0.15, 0.2) is 43.0 Å². The van der Waals surface area contributed by atoms with E-state index < -0.39 is 18.6 Å². The number of hydrogen-bond acceptors (Lipinski definition) is 6. The highest BCUT2D eigenvalue weighted by Crippen LogP contribution is 2.27. The SMILES string of the molecule is OC(C(F)c1cnc(CCc2ccc(F)cc2)cn1)C(F)n1cnnn1. The van der Waals surface area contributed by atoms with Gasteiger partial charge < -0.3 is 5.11 Å². The molecular formula is C16H15F3N6O. The first-order chi connectivity index (χ1) is 12.5. The molecule has 0 saturated heterocycles. The molecule has 136 valence electrons. The van der Waals surface area contributed by atoms with Crippen molar-refractivity contribution in [2.75, 3.05) is 0 Å². The summed E-state index contributed by atoms with van der Waals surface area (Å²) in [6, 6.07) is 6.09. The first-order valence-corrected chi connectivity index (χ1v) is 7.78. The van der Waals surface area contributed by atoms with Gasteiger partial charge in [0.2, 0.25) is 6.30 Å². The Morgan fingerprint density at radius 1 is 1.04 bits per heavy atom. The van der Waals surface area contributed by atoms with Crippen molar-refractivity contribution in [1.82, 2.24) is 30.2 Å². The van der Waals surface area contributed by atoms with Crippen LogP contribution in [0.5, 0.6) is 0 Å². The van der Waals surface area contributed by atoms with E-state index in [0.717, 1.165) is 18.1 Å². The largest absolute Gasteiger partial charge is 0.385 e. The molecule has 2 aromatic heterocycles. The van der Waals surface area contributed by atoms with E-state index >= 15 is 0 Å². The molecule has 3 rings (SSSR count). The third kappa shape index (κ3) is 4.20. The number of aromatic nitrogens is 6. The van der Waals surface area contributed by atoms with E-state index in [9.17, 15) is 18.3 Å². The lowest BCUT2D eigenvalue weighted by molar-refractivity contribution is -0.0296. The van der Waals surface area contributed by atoms with Gasteiger partial charge in [-0.05, 0) is 41.0 Å². The normalized spacial score (nSPS) is 14.8. The molecule has 10 heteroatoms. The quantitative estimate of drug-likeness (QED) is 0.689. The van der Waals surface area contributed by atoms with Crippen LogP contribution in [0.2, 0.25) is 0 Å². The lowest BCUT2D eigenvalue weighted by Crippen LogP contribution is -2.26. The van der Waals surface area contributed by atoms with Crippen LogP contribution in [0, 0.1) is 5.82 Å². The maximum Gasteiger partial charge on any atom is 0.224 e. The standard InChI is InChI=1S/C16H15F3N6O/c17-11-4-1-10(2-5-11)3-6-12-7-21-13(8-20-12)14(18)15(26)16(19)25-9-22-23-24-25/h1-2,4-5,7-9,14-16,26H,3,6H2. The molecule has 1 N–H and O–H groups in total.